The molecule has 0 radical (unpaired) electrons. The molecule has 4 unspecified atom stereocenters. The minimum Gasteiger partial charge on any atom is -0.394 e. The van der Waals surface area contributed by atoms with E-state index >= 15 is 0 Å². The normalized spacial score (nSPS) is 19.0. The second kappa shape index (κ2) is 6.82. The Balaban J connectivity index is 0. The largest absolute Gasteiger partial charge is 0.394 e. The lowest BCUT2D eigenvalue weighted by atomic mass is 10.0. The molecule has 0 aliphatic rings. The number of aliphatic hydroxyl groups is 5. The van der Waals surface area contributed by atoms with E-state index in [1.807, 2.05) is 0 Å². The van der Waals surface area contributed by atoms with Gasteiger partial charge in [-0.1, -0.05) is 0 Å². The molecule has 0 aromatic rings. The van der Waals surface area contributed by atoms with Crippen molar-refractivity contribution in [2.45, 2.75) is 31.3 Å². The third-order valence-electron chi connectivity index (χ3n) is 1.67. The fraction of sp³-hybridized carbons (Fsp3) is 0.857. The van der Waals surface area contributed by atoms with Crippen molar-refractivity contribution < 1.29 is 30.3 Å². The molecule has 0 fully saturated rings. The molecule has 0 aromatic carbocycles. The van der Waals surface area contributed by atoms with E-state index in [9.17, 15) is 4.79 Å². The maximum atomic E-state index is 10.5. The first-order chi connectivity index (χ1) is 5.91. The molecule has 8 N–H and O–H groups in total. The van der Waals surface area contributed by atoms with Crippen molar-refractivity contribution in [2.24, 2.45) is 0 Å². The van der Waals surface area contributed by atoms with Gasteiger partial charge >= 0.3 is 0 Å². The summed E-state index contributed by atoms with van der Waals surface area (Å²) >= 11 is 0. The van der Waals surface area contributed by atoms with Gasteiger partial charge in [0.05, 0.1) is 6.61 Å². The summed E-state index contributed by atoms with van der Waals surface area (Å²) in [6.45, 7) is 0.273. The van der Waals surface area contributed by atoms with Crippen LogP contribution in [0, 0.1) is 0 Å². The fourth-order valence-corrected chi connectivity index (χ4v) is 0.763. The van der Waals surface area contributed by atoms with Gasteiger partial charge in [-0.15, -0.1) is 0 Å². The second-order valence-corrected chi connectivity index (χ2v) is 2.79. The monoisotopic (exact) mass is 211 g/mol. The zero-order valence-electron chi connectivity index (χ0n) is 7.87. The Morgan fingerprint density at radius 1 is 1.14 bits per heavy atom. The Labute approximate surface area is 81.2 Å². The molecule has 0 aromatic heterocycles. The standard InChI is InChI=1S/C7H14O6.H3N/c1-3(9)5(11)7(13)6(12)4(10)2-8;/h4-8,10-13H,2H2,1H3;1H3. The van der Waals surface area contributed by atoms with Gasteiger partial charge in [0, 0.05) is 0 Å². The average molecular weight is 211 g/mol. The second-order valence-electron chi connectivity index (χ2n) is 2.79. The van der Waals surface area contributed by atoms with Crippen LogP contribution in [0.1, 0.15) is 6.92 Å². The highest BCUT2D eigenvalue weighted by molar-refractivity contribution is 5.80. The summed E-state index contributed by atoms with van der Waals surface area (Å²) in [5.41, 5.74) is 0. The lowest BCUT2D eigenvalue weighted by Crippen LogP contribution is -2.48. The van der Waals surface area contributed by atoms with Crippen molar-refractivity contribution in [3.8, 4) is 0 Å². The number of carbonyl (C=O) groups excluding carboxylic acids is 1. The van der Waals surface area contributed by atoms with Gasteiger partial charge in [-0.25, -0.2) is 0 Å². The molecule has 0 amide bonds. The van der Waals surface area contributed by atoms with Crippen LogP contribution in [0.15, 0.2) is 0 Å². The van der Waals surface area contributed by atoms with E-state index in [1.165, 1.54) is 0 Å². The predicted octanol–water partition coefficient (Wildman–Crippen LogP) is -2.83. The van der Waals surface area contributed by atoms with E-state index in [1.54, 1.807) is 0 Å². The van der Waals surface area contributed by atoms with E-state index in [2.05, 4.69) is 0 Å². The van der Waals surface area contributed by atoms with Gasteiger partial charge in [0.1, 0.15) is 24.4 Å². The Bertz CT molecular complexity index is 176. The molecule has 86 valence electrons. The molecule has 0 rings (SSSR count). The van der Waals surface area contributed by atoms with Crippen LogP contribution >= 0.6 is 0 Å². The van der Waals surface area contributed by atoms with Crippen LogP contribution in [0.4, 0.5) is 0 Å². The van der Waals surface area contributed by atoms with Gasteiger partial charge < -0.3 is 31.7 Å². The number of ketones is 1. The Hall–Kier alpha value is -0.570. The summed E-state index contributed by atoms with van der Waals surface area (Å²) < 4.78 is 0. The zero-order chi connectivity index (χ0) is 10.6. The van der Waals surface area contributed by atoms with Crippen molar-refractivity contribution in [2.75, 3.05) is 6.61 Å². The van der Waals surface area contributed by atoms with Crippen molar-refractivity contribution in [3.05, 3.63) is 0 Å². The number of aliphatic hydroxyl groups excluding tert-OH is 5. The van der Waals surface area contributed by atoms with Crippen LogP contribution in [0.5, 0.6) is 0 Å². The van der Waals surface area contributed by atoms with Gasteiger partial charge in [0.25, 0.3) is 0 Å². The first kappa shape index (κ1) is 15.9. The number of carbonyl (C=O) groups is 1. The maximum Gasteiger partial charge on any atom is 0.160 e. The van der Waals surface area contributed by atoms with Crippen molar-refractivity contribution in [3.63, 3.8) is 0 Å². The van der Waals surface area contributed by atoms with Crippen LogP contribution in [0.2, 0.25) is 0 Å². The minimum atomic E-state index is -1.79. The molecule has 0 aliphatic heterocycles. The number of Topliss-reactive ketones (excluding diaryl/α,β-unsaturated/α-hetero) is 1. The topological polar surface area (TPSA) is 153 Å². The summed E-state index contributed by atoms with van der Waals surface area (Å²) in [5.74, 6) is -0.725. The van der Waals surface area contributed by atoms with E-state index in [0.717, 1.165) is 6.92 Å². The lowest BCUT2D eigenvalue weighted by molar-refractivity contribution is -0.145. The quantitative estimate of drug-likeness (QED) is 0.286. The Morgan fingerprint density at radius 2 is 1.57 bits per heavy atom. The molecule has 0 saturated heterocycles. The molecule has 7 nitrogen and oxygen atoms in total. The molecule has 0 aliphatic carbocycles. The third kappa shape index (κ3) is 4.09. The van der Waals surface area contributed by atoms with E-state index < -0.39 is 36.8 Å². The predicted molar refractivity (Wildman–Crippen MR) is 46.8 cm³/mol. The highest BCUT2D eigenvalue weighted by Gasteiger charge is 2.32. The molecule has 4 atom stereocenters. The van der Waals surface area contributed by atoms with Gasteiger partial charge in [0.2, 0.25) is 0 Å². The van der Waals surface area contributed by atoms with Crippen molar-refractivity contribution in [1.82, 2.24) is 6.15 Å². The summed E-state index contributed by atoms with van der Waals surface area (Å²) in [7, 11) is 0. The molecule has 0 spiro atoms. The summed E-state index contributed by atoms with van der Waals surface area (Å²) in [5, 5.41) is 44.3. The summed E-state index contributed by atoms with van der Waals surface area (Å²) in [6.07, 6.45) is -6.87. The smallest absolute Gasteiger partial charge is 0.160 e. The number of hydrogen-bond acceptors (Lipinski definition) is 7. The average Bonchev–Trinajstić information content (AvgIpc) is 2.12. The highest BCUT2D eigenvalue weighted by atomic mass is 16.4. The van der Waals surface area contributed by atoms with Gasteiger partial charge in [-0.05, 0) is 6.92 Å². The SMILES string of the molecule is CC(=O)C(O)C(O)C(O)C(O)CO.N. The first-order valence-corrected chi connectivity index (χ1v) is 3.75. The van der Waals surface area contributed by atoms with Gasteiger partial charge in [0.15, 0.2) is 5.78 Å². The molecule has 14 heavy (non-hydrogen) atoms. The van der Waals surface area contributed by atoms with Crippen LogP contribution in [-0.4, -0.2) is 62.3 Å². The van der Waals surface area contributed by atoms with Gasteiger partial charge in [-0.2, -0.15) is 0 Å². The molecular weight excluding hydrogens is 194 g/mol. The number of hydrogen-bond donors (Lipinski definition) is 6. The van der Waals surface area contributed by atoms with Crippen molar-refractivity contribution >= 4 is 5.78 Å². The van der Waals surface area contributed by atoms with E-state index in [-0.39, 0.29) is 6.15 Å². The van der Waals surface area contributed by atoms with Crippen molar-refractivity contribution in [1.29, 1.82) is 0 Å². The third-order valence-corrected chi connectivity index (χ3v) is 1.67. The van der Waals surface area contributed by atoms with Crippen LogP contribution in [0.3, 0.4) is 0 Å². The Kier molecular flexibility index (Phi) is 7.74. The van der Waals surface area contributed by atoms with E-state index in [0.29, 0.717) is 0 Å². The van der Waals surface area contributed by atoms with Crippen LogP contribution in [-0.2, 0) is 4.79 Å². The van der Waals surface area contributed by atoms with Crippen LogP contribution < -0.4 is 6.15 Å². The number of rotatable bonds is 5. The lowest BCUT2D eigenvalue weighted by Gasteiger charge is -2.23. The zero-order valence-corrected chi connectivity index (χ0v) is 7.87. The minimum absolute atomic E-state index is 0. The molecule has 0 heterocycles. The first-order valence-electron chi connectivity index (χ1n) is 3.75. The molecule has 0 bridgehead atoms. The van der Waals surface area contributed by atoms with Gasteiger partial charge in [-0.3, -0.25) is 4.79 Å². The molecule has 0 saturated carbocycles. The highest BCUT2D eigenvalue weighted by Crippen LogP contribution is 2.05. The molecular formula is C7H17NO6. The summed E-state index contributed by atoms with van der Waals surface area (Å²) in [6, 6.07) is 0. The summed E-state index contributed by atoms with van der Waals surface area (Å²) in [4.78, 5) is 10.5. The maximum absolute atomic E-state index is 10.5. The fourth-order valence-electron chi connectivity index (χ4n) is 0.763. The molecule has 7 heteroatoms. The van der Waals surface area contributed by atoms with E-state index in [4.69, 9.17) is 25.5 Å². The Morgan fingerprint density at radius 3 is 1.86 bits per heavy atom. The van der Waals surface area contributed by atoms with Crippen LogP contribution in [0.25, 0.3) is 0 Å².